The van der Waals surface area contributed by atoms with Crippen LogP contribution in [-0.4, -0.2) is 20.6 Å². The van der Waals surface area contributed by atoms with E-state index in [0.717, 1.165) is 30.3 Å². The normalized spacial score (nSPS) is 12.3. The van der Waals surface area contributed by atoms with Gasteiger partial charge in [0.05, 0.1) is 38.6 Å². The van der Waals surface area contributed by atoms with E-state index in [-0.39, 0.29) is 17.2 Å². The first kappa shape index (κ1) is 23.3. The molecule has 12 heteroatoms. The number of ether oxygens (including phenoxy) is 1. The minimum absolute atomic E-state index is 0.0434. The maximum Gasteiger partial charge on any atom is 0.416 e. The number of nitro benzene ring substituents is 1. The van der Waals surface area contributed by atoms with E-state index in [1.54, 1.807) is 13.8 Å². The zero-order valence-electron chi connectivity index (χ0n) is 16.7. The molecule has 2 aromatic carbocycles. The van der Waals surface area contributed by atoms with Crippen LogP contribution in [0.5, 0.6) is 11.5 Å². The minimum Gasteiger partial charge on any atom is -0.457 e. The molecule has 1 N–H and O–H groups in total. The average Bonchev–Trinajstić information content (AvgIpc) is 3.05. The molecule has 1 atom stereocenters. The van der Waals surface area contributed by atoms with Gasteiger partial charge < -0.3 is 10.1 Å². The van der Waals surface area contributed by atoms with Gasteiger partial charge in [-0.15, -0.1) is 0 Å². The van der Waals surface area contributed by atoms with Crippen LogP contribution < -0.4 is 10.1 Å². The zero-order chi connectivity index (χ0) is 23.6. The molecule has 0 spiro atoms. The first-order chi connectivity index (χ1) is 15.0. The molecular weight excluding hydrogens is 497 g/mol. The van der Waals surface area contributed by atoms with Gasteiger partial charge in [-0.05, 0) is 48.0 Å². The first-order valence-corrected chi connectivity index (χ1v) is 9.90. The van der Waals surface area contributed by atoms with Crippen LogP contribution in [0.4, 0.5) is 24.5 Å². The summed E-state index contributed by atoms with van der Waals surface area (Å²) in [4.78, 5) is 23.3. The summed E-state index contributed by atoms with van der Waals surface area (Å²) in [5.74, 6) is -0.781. The fourth-order valence-electron chi connectivity index (χ4n) is 2.84. The van der Waals surface area contributed by atoms with Crippen molar-refractivity contribution < 1.29 is 27.6 Å². The number of nitrogens with one attached hydrogen (secondary N) is 1. The molecule has 0 saturated carbocycles. The number of aromatic nitrogens is 2. The van der Waals surface area contributed by atoms with Gasteiger partial charge >= 0.3 is 6.18 Å². The van der Waals surface area contributed by atoms with Crippen molar-refractivity contribution in [2.75, 3.05) is 5.32 Å². The Morgan fingerprint density at radius 2 is 1.97 bits per heavy atom. The van der Waals surface area contributed by atoms with Crippen LogP contribution in [-0.2, 0) is 11.0 Å². The quantitative estimate of drug-likeness (QED) is 0.328. The van der Waals surface area contributed by atoms with Gasteiger partial charge in [0.25, 0.3) is 5.69 Å². The van der Waals surface area contributed by atoms with Gasteiger partial charge in [-0.2, -0.15) is 18.3 Å². The Labute approximate surface area is 188 Å². The van der Waals surface area contributed by atoms with Crippen LogP contribution in [0.25, 0.3) is 0 Å². The Hall–Kier alpha value is -3.41. The van der Waals surface area contributed by atoms with Gasteiger partial charge in [0, 0.05) is 12.1 Å². The molecule has 168 valence electrons. The molecule has 1 aromatic heterocycles. The fraction of sp³-hybridized carbons (Fsp3) is 0.200. The molecule has 0 aliphatic heterocycles. The zero-order valence-corrected chi connectivity index (χ0v) is 18.3. The number of halogens is 4. The molecule has 32 heavy (non-hydrogen) atoms. The molecule has 8 nitrogen and oxygen atoms in total. The Kier molecular flexibility index (Phi) is 6.53. The van der Waals surface area contributed by atoms with Crippen molar-refractivity contribution in [3.63, 3.8) is 0 Å². The average molecular weight is 513 g/mol. The smallest absolute Gasteiger partial charge is 0.416 e. The number of carbonyl (C=O) groups excluding carboxylic acids is 1. The summed E-state index contributed by atoms with van der Waals surface area (Å²) in [5, 5.41) is 18.0. The second kappa shape index (κ2) is 8.99. The molecular formula is C20H16BrF3N4O4. The van der Waals surface area contributed by atoms with Crippen LogP contribution in [0.2, 0.25) is 0 Å². The topological polar surface area (TPSA) is 99.3 Å². The second-order valence-corrected chi connectivity index (χ2v) is 7.64. The molecule has 0 aliphatic rings. The SMILES string of the molecule is Cc1c(Br)cnn1C(C)C(=O)Nc1cc(Oc2cccc(C(F)(F)F)c2)cc([N+](=O)[O-])c1. The van der Waals surface area contributed by atoms with Gasteiger partial charge in [-0.3, -0.25) is 19.6 Å². The predicted octanol–water partition coefficient (Wildman–Crippen LogP) is 5.87. The van der Waals surface area contributed by atoms with Crippen molar-refractivity contribution in [1.82, 2.24) is 9.78 Å². The van der Waals surface area contributed by atoms with Gasteiger partial charge in [-0.25, -0.2) is 0 Å². The maximum atomic E-state index is 12.9. The second-order valence-electron chi connectivity index (χ2n) is 6.79. The number of carbonyl (C=O) groups is 1. The Morgan fingerprint density at radius 3 is 2.56 bits per heavy atom. The molecule has 1 heterocycles. The number of non-ortho nitro benzene ring substituents is 1. The highest BCUT2D eigenvalue weighted by Crippen LogP contribution is 2.34. The van der Waals surface area contributed by atoms with Crippen molar-refractivity contribution in [3.05, 3.63) is 74.5 Å². The number of rotatable bonds is 6. The molecule has 0 bridgehead atoms. The van der Waals surface area contributed by atoms with Crippen molar-refractivity contribution >= 4 is 33.2 Å². The molecule has 1 amide bonds. The molecule has 1 unspecified atom stereocenters. The van der Waals surface area contributed by atoms with Gasteiger partial charge in [-0.1, -0.05) is 6.07 Å². The molecule has 0 radical (unpaired) electrons. The van der Waals surface area contributed by atoms with E-state index in [0.29, 0.717) is 10.2 Å². The number of hydrogen-bond donors (Lipinski definition) is 1. The van der Waals surface area contributed by atoms with Gasteiger partial charge in [0.1, 0.15) is 17.5 Å². The third-order valence-electron chi connectivity index (χ3n) is 4.50. The van der Waals surface area contributed by atoms with E-state index < -0.39 is 34.3 Å². The van der Waals surface area contributed by atoms with Crippen LogP contribution in [0, 0.1) is 17.0 Å². The molecule has 0 fully saturated rings. The van der Waals surface area contributed by atoms with Crippen LogP contribution in [0.3, 0.4) is 0 Å². The Bertz CT molecular complexity index is 1180. The fourth-order valence-corrected chi connectivity index (χ4v) is 3.12. The van der Waals surface area contributed by atoms with E-state index in [9.17, 15) is 28.1 Å². The first-order valence-electron chi connectivity index (χ1n) is 9.11. The van der Waals surface area contributed by atoms with Crippen molar-refractivity contribution in [2.45, 2.75) is 26.1 Å². The standard InChI is InChI=1S/C20H16BrF3N4O4/c1-11-18(21)10-25-27(11)12(2)19(29)26-14-7-15(28(30)31)9-17(8-14)32-16-5-3-4-13(6-16)20(22,23)24/h3-10,12H,1-2H3,(H,26,29). The number of alkyl halides is 3. The summed E-state index contributed by atoms with van der Waals surface area (Å²) in [6.07, 6.45) is -3.04. The van der Waals surface area contributed by atoms with Crippen LogP contribution >= 0.6 is 15.9 Å². The third-order valence-corrected chi connectivity index (χ3v) is 5.28. The summed E-state index contributed by atoms with van der Waals surface area (Å²) >= 11 is 3.31. The monoisotopic (exact) mass is 512 g/mol. The summed E-state index contributed by atoms with van der Waals surface area (Å²) in [6, 6.07) is 6.80. The Morgan fingerprint density at radius 1 is 1.25 bits per heavy atom. The van der Waals surface area contributed by atoms with E-state index in [4.69, 9.17) is 4.74 Å². The van der Waals surface area contributed by atoms with Gasteiger partial charge in [0.15, 0.2) is 0 Å². The largest absolute Gasteiger partial charge is 0.457 e. The van der Waals surface area contributed by atoms with Crippen molar-refractivity contribution in [1.29, 1.82) is 0 Å². The summed E-state index contributed by atoms with van der Waals surface area (Å²) in [5.41, 5.74) is -0.582. The lowest BCUT2D eigenvalue weighted by atomic mass is 10.2. The highest BCUT2D eigenvalue weighted by Gasteiger charge is 2.30. The Balaban J connectivity index is 1.87. The van der Waals surface area contributed by atoms with E-state index in [1.807, 2.05) is 0 Å². The molecule has 0 saturated heterocycles. The summed E-state index contributed by atoms with van der Waals surface area (Å²) in [6.45, 7) is 3.36. The lowest BCUT2D eigenvalue weighted by Gasteiger charge is -2.15. The number of nitro groups is 1. The minimum atomic E-state index is -4.57. The number of benzene rings is 2. The number of hydrogen-bond acceptors (Lipinski definition) is 5. The lowest BCUT2D eigenvalue weighted by molar-refractivity contribution is -0.384. The van der Waals surface area contributed by atoms with E-state index in [1.165, 1.54) is 23.0 Å². The number of nitrogens with zero attached hydrogens (tertiary/aromatic N) is 3. The maximum absolute atomic E-state index is 12.9. The van der Waals surface area contributed by atoms with Crippen molar-refractivity contribution in [2.24, 2.45) is 0 Å². The molecule has 3 aromatic rings. The van der Waals surface area contributed by atoms with Crippen molar-refractivity contribution in [3.8, 4) is 11.5 Å². The lowest BCUT2D eigenvalue weighted by Crippen LogP contribution is -2.25. The van der Waals surface area contributed by atoms with Crippen LogP contribution in [0.15, 0.2) is 53.1 Å². The third kappa shape index (κ3) is 5.25. The highest BCUT2D eigenvalue weighted by atomic mass is 79.9. The molecule has 0 aliphatic carbocycles. The summed E-state index contributed by atoms with van der Waals surface area (Å²) < 4.78 is 46.4. The molecule has 3 rings (SSSR count). The van der Waals surface area contributed by atoms with E-state index >= 15 is 0 Å². The highest BCUT2D eigenvalue weighted by molar-refractivity contribution is 9.10. The number of amides is 1. The van der Waals surface area contributed by atoms with Crippen LogP contribution in [0.1, 0.15) is 24.2 Å². The predicted molar refractivity (Wildman–Crippen MR) is 113 cm³/mol. The van der Waals surface area contributed by atoms with E-state index in [2.05, 4.69) is 26.3 Å². The van der Waals surface area contributed by atoms with Gasteiger partial charge in [0.2, 0.25) is 5.91 Å². The number of anilines is 1. The summed E-state index contributed by atoms with van der Waals surface area (Å²) in [7, 11) is 0.